The van der Waals surface area contributed by atoms with Crippen LogP contribution in [0.25, 0.3) is 0 Å². The van der Waals surface area contributed by atoms with Gasteiger partial charge in [0.05, 0.1) is 0 Å². The summed E-state index contributed by atoms with van der Waals surface area (Å²) in [6.45, 7) is 9.10. The summed E-state index contributed by atoms with van der Waals surface area (Å²) in [5, 5.41) is 0. The third kappa shape index (κ3) is 15.2. The Morgan fingerprint density at radius 1 is 0.952 bits per heavy atom. The molecule has 0 N–H and O–H groups in total. The predicted octanol–water partition coefficient (Wildman–Crippen LogP) is 6.25. The van der Waals surface area contributed by atoms with Crippen LogP contribution in [0.2, 0.25) is 0 Å². The van der Waals surface area contributed by atoms with Crippen LogP contribution in [0.4, 0.5) is 0 Å². The van der Waals surface area contributed by atoms with Crippen molar-refractivity contribution in [2.24, 2.45) is 5.92 Å². The third-order valence-electron chi connectivity index (χ3n) is 3.69. The molecule has 0 amide bonds. The summed E-state index contributed by atoms with van der Waals surface area (Å²) in [5.41, 5.74) is 0. The van der Waals surface area contributed by atoms with E-state index in [1.54, 1.807) is 0 Å². The van der Waals surface area contributed by atoms with E-state index in [1.165, 1.54) is 32.1 Å². The summed E-state index contributed by atoms with van der Waals surface area (Å²) in [4.78, 5) is 0. The summed E-state index contributed by atoms with van der Waals surface area (Å²) in [7, 11) is -1.95. The van der Waals surface area contributed by atoms with Gasteiger partial charge < -0.3 is 0 Å². The number of unbranched alkanes of at least 4 members (excludes halogenated alkanes) is 4. The number of hydrogen-bond donors (Lipinski definition) is 0. The van der Waals surface area contributed by atoms with Crippen molar-refractivity contribution in [3.63, 3.8) is 0 Å². The molecule has 0 saturated carbocycles. The fraction of sp³-hybridized carbons (Fsp3) is 1.00. The second kappa shape index (κ2) is 16.9. The molecule has 0 aliphatic heterocycles. The van der Waals surface area contributed by atoms with Gasteiger partial charge in [0.1, 0.15) is 12.7 Å². The van der Waals surface area contributed by atoms with Gasteiger partial charge in [-0.2, -0.15) is 0 Å². The fourth-order valence-corrected chi connectivity index (χ4v) is 2.95. The SMILES string of the molecule is CCCCCCC(C)O[P+](=O)OCC(CC)CCCC.[Fe+2]. The van der Waals surface area contributed by atoms with Gasteiger partial charge in [-0.1, -0.05) is 65.7 Å². The minimum absolute atomic E-state index is 0. The first-order valence-corrected chi connectivity index (χ1v) is 9.50. The van der Waals surface area contributed by atoms with Crippen LogP contribution in [-0.2, 0) is 30.7 Å². The Morgan fingerprint density at radius 2 is 1.62 bits per heavy atom. The molecule has 3 nitrogen and oxygen atoms in total. The van der Waals surface area contributed by atoms with E-state index in [1.807, 2.05) is 6.92 Å². The van der Waals surface area contributed by atoms with E-state index in [4.69, 9.17) is 9.05 Å². The van der Waals surface area contributed by atoms with Gasteiger partial charge in [-0.3, -0.25) is 0 Å². The smallest absolute Gasteiger partial charge is 0.119 e. The Labute approximate surface area is 143 Å². The van der Waals surface area contributed by atoms with Gasteiger partial charge in [-0.25, -0.2) is 0 Å². The van der Waals surface area contributed by atoms with E-state index in [2.05, 4.69) is 20.8 Å². The van der Waals surface area contributed by atoms with Gasteiger partial charge in [-0.15, -0.1) is 9.05 Å². The van der Waals surface area contributed by atoms with Crippen molar-refractivity contribution in [2.45, 2.75) is 91.6 Å². The maximum atomic E-state index is 11.7. The number of rotatable bonds is 14. The van der Waals surface area contributed by atoms with Crippen LogP contribution < -0.4 is 0 Å². The molecule has 0 aromatic carbocycles. The average molecular weight is 361 g/mol. The maximum Gasteiger partial charge on any atom is 2.00 e. The molecule has 0 heterocycles. The Balaban J connectivity index is 0. The zero-order chi connectivity index (χ0) is 15.2. The van der Waals surface area contributed by atoms with Crippen molar-refractivity contribution in [1.29, 1.82) is 0 Å². The van der Waals surface area contributed by atoms with E-state index in [0.29, 0.717) is 12.5 Å². The third-order valence-corrected chi connectivity index (χ3v) is 4.58. The molecule has 5 heteroatoms. The molecule has 0 aliphatic rings. The van der Waals surface area contributed by atoms with Gasteiger partial charge >= 0.3 is 25.3 Å². The Kier molecular flexibility index (Phi) is 19.2. The molecule has 0 spiro atoms. The molecule has 0 aliphatic carbocycles. The van der Waals surface area contributed by atoms with Crippen LogP contribution in [0.3, 0.4) is 0 Å². The second-order valence-electron chi connectivity index (χ2n) is 5.70. The molecular formula is C16H34FeO3P+3. The minimum atomic E-state index is -1.95. The van der Waals surface area contributed by atoms with Crippen molar-refractivity contribution in [3.8, 4) is 0 Å². The van der Waals surface area contributed by atoms with E-state index in [-0.39, 0.29) is 23.2 Å². The zero-order valence-corrected chi connectivity index (χ0v) is 16.2. The average Bonchev–Trinajstić information content (AvgIpc) is 2.44. The van der Waals surface area contributed by atoms with Gasteiger partial charge in [0.25, 0.3) is 0 Å². The second-order valence-corrected chi connectivity index (χ2v) is 6.62. The van der Waals surface area contributed by atoms with Gasteiger partial charge in [-0.05, 0) is 25.7 Å². The monoisotopic (exact) mass is 361 g/mol. The molecule has 0 saturated heterocycles. The molecule has 126 valence electrons. The molecule has 0 aromatic rings. The molecule has 3 unspecified atom stereocenters. The first-order chi connectivity index (χ1) is 9.63. The topological polar surface area (TPSA) is 35.5 Å². The van der Waals surface area contributed by atoms with Crippen LogP contribution in [0.1, 0.15) is 85.5 Å². The van der Waals surface area contributed by atoms with Crippen LogP contribution in [0.15, 0.2) is 0 Å². The van der Waals surface area contributed by atoms with Crippen molar-refractivity contribution in [3.05, 3.63) is 0 Å². The summed E-state index contributed by atoms with van der Waals surface area (Å²) >= 11 is 0. The van der Waals surface area contributed by atoms with Gasteiger partial charge in [0, 0.05) is 4.57 Å². The van der Waals surface area contributed by atoms with Crippen LogP contribution >= 0.6 is 8.25 Å². The van der Waals surface area contributed by atoms with E-state index >= 15 is 0 Å². The van der Waals surface area contributed by atoms with Crippen molar-refractivity contribution in [1.82, 2.24) is 0 Å². The molecule has 21 heavy (non-hydrogen) atoms. The Morgan fingerprint density at radius 3 is 2.19 bits per heavy atom. The standard InChI is InChI=1S/C16H34O3P.Fe/c1-5-8-10-11-12-15(4)19-20(17)18-14-16(7-3)13-9-6-2;/h15-16H,5-14H2,1-4H3;/q+1;+2. The largest absolute Gasteiger partial charge is 2.00 e. The van der Waals surface area contributed by atoms with Crippen molar-refractivity contribution >= 4 is 8.25 Å². The normalized spacial score (nSPS) is 14.4. The van der Waals surface area contributed by atoms with Crippen molar-refractivity contribution < 1.29 is 30.7 Å². The molecule has 0 rings (SSSR count). The Hall–Kier alpha value is 0.539. The molecule has 0 aromatic heterocycles. The summed E-state index contributed by atoms with van der Waals surface area (Å²) < 4.78 is 22.5. The first-order valence-electron chi connectivity index (χ1n) is 8.40. The molecule has 0 radical (unpaired) electrons. The summed E-state index contributed by atoms with van der Waals surface area (Å²) in [5.74, 6) is 0.511. The quantitative estimate of drug-likeness (QED) is 0.208. The number of hydrogen-bond acceptors (Lipinski definition) is 3. The molecule has 0 bridgehead atoms. The Bertz CT molecular complexity index is 240. The summed E-state index contributed by atoms with van der Waals surface area (Å²) in [6.07, 6.45) is 10.5. The van der Waals surface area contributed by atoms with Gasteiger partial charge in [0.15, 0.2) is 0 Å². The van der Waals surface area contributed by atoms with Crippen LogP contribution in [0.5, 0.6) is 0 Å². The molecule has 0 fully saturated rings. The van der Waals surface area contributed by atoms with E-state index < -0.39 is 8.25 Å². The molecular weight excluding hydrogens is 327 g/mol. The van der Waals surface area contributed by atoms with Crippen molar-refractivity contribution in [2.75, 3.05) is 6.61 Å². The van der Waals surface area contributed by atoms with Crippen LogP contribution in [-0.4, -0.2) is 12.7 Å². The van der Waals surface area contributed by atoms with E-state index in [9.17, 15) is 4.57 Å². The zero-order valence-electron chi connectivity index (χ0n) is 14.3. The van der Waals surface area contributed by atoms with Crippen LogP contribution in [0, 0.1) is 5.92 Å². The molecule has 3 atom stereocenters. The first kappa shape index (κ1) is 23.8. The predicted molar refractivity (Wildman–Crippen MR) is 86.2 cm³/mol. The summed E-state index contributed by atoms with van der Waals surface area (Å²) in [6, 6.07) is 0. The fourth-order valence-electron chi connectivity index (χ4n) is 2.15. The maximum absolute atomic E-state index is 11.7. The minimum Gasteiger partial charge on any atom is -0.119 e. The van der Waals surface area contributed by atoms with E-state index in [0.717, 1.165) is 25.7 Å². The van der Waals surface area contributed by atoms with Gasteiger partial charge in [0.2, 0.25) is 0 Å².